The van der Waals surface area contributed by atoms with Crippen molar-refractivity contribution < 1.29 is 0 Å². The van der Waals surface area contributed by atoms with E-state index in [4.69, 9.17) is 0 Å². The fourth-order valence-electron chi connectivity index (χ4n) is 1.84. The van der Waals surface area contributed by atoms with Crippen molar-refractivity contribution in [1.29, 1.82) is 0 Å². The molecule has 0 amide bonds. The fourth-order valence-corrected chi connectivity index (χ4v) is 2.85. The molecule has 1 rings (SSSR count). The van der Waals surface area contributed by atoms with Crippen molar-refractivity contribution in [1.82, 2.24) is 0 Å². The number of anilines is 2. The number of hydrogen-bond donors (Lipinski definition) is 3. The number of nitrogens with one attached hydrogen (secondary N) is 2. The van der Waals surface area contributed by atoms with Crippen LogP contribution in [0.3, 0.4) is 0 Å². The molecule has 0 radical (unpaired) electrons. The molecule has 0 unspecified atom stereocenters. The van der Waals surface area contributed by atoms with E-state index in [0.717, 1.165) is 18.8 Å². The Hall–Kier alpha value is -0.480. The Morgan fingerprint density at radius 1 is 1.00 bits per heavy atom. The van der Waals surface area contributed by atoms with Crippen LogP contribution in [0.25, 0.3) is 0 Å². The number of para-hydroxylation sites is 2. The van der Waals surface area contributed by atoms with Crippen LogP contribution in [-0.2, 0) is 0 Å². The van der Waals surface area contributed by atoms with Crippen molar-refractivity contribution in [2.24, 2.45) is 0 Å². The largest absolute Gasteiger partial charge is 0.382 e. The zero-order valence-electron chi connectivity index (χ0n) is 14.0. The van der Waals surface area contributed by atoms with Crippen LogP contribution in [0.2, 0.25) is 0 Å². The van der Waals surface area contributed by atoms with Crippen LogP contribution in [-0.4, -0.2) is 28.3 Å². The van der Waals surface area contributed by atoms with Crippen LogP contribution in [0, 0.1) is 0 Å². The minimum atomic E-state index is -0.0244. The standard InChI is InChI=1S/C17H30N2S2/c1-6-11-21-17(4,5)13-19-15-10-8-7-9-14(15)18-12-16(2,3)20/h7-10,18-20H,6,11-13H2,1-5H3. The predicted octanol–water partition coefficient (Wildman–Crippen LogP) is 5.14. The summed E-state index contributed by atoms with van der Waals surface area (Å²) in [5.41, 5.74) is 2.32. The molecule has 1 aromatic carbocycles. The summed E-state index contributed by atoms with van der Waals surface area (Å²) < 4.78 is 0.218. The molecule has 0 bridgehead atoms. The smallest absolute Gasteiger partial charge is 0.0576 e. The van der Waals surface area contributed by atoms with Gasteiger partial charge in [-0.3, -0.25) is 0 Å². The molecular weight excluding hydrogens is 296 g/mol. The lowest BCUT2D eigenvalue weighted by molar-refractivity contribution is 0.746. The highest BCUT2D eigenvalue weighted by Crippen LogP contribution is 2.28. The van der Waals surface area contributed by atoms with Crippen LogP contribution in [0.5, 0.6) is 0 Å². The molecule has 0 heterocycles. The summed E-state index contributed by atoms with van der Waals surface area (Å²) in [6.07, 6.45) is 1.23. The SMILES string of the molecule is CCCSC(C)(C)CNc1ccccc1NCC(C)(C)S. The van der Waals surface area contributed by atoms with Gasteiger partial charge >= 0.3 is 0 Å². The quantitative estimate of drug-likeness (QED) is 0.548. The molecule has 0 spiro atoms. The van der Waals surface area contributed by atoms with Crippen molar-refractivity contribution >= 4 is 35.8 Å². The van der Waals surface area contributed by atoms with Gasteiger partial charge in [-0.1, -0.05) is 19.1 Å². The number of benzene rings is 1. The van der Waals surface area contributed by atoms with Gasteiger partial charge in [-0.2, -0.15) is 24.4 Å². The van der Waals surface area contributed by atoms with Crippen LogP contribution in [0.15, 0.2) is 24.3 Å². The van der Waals surface area contributed by atoms with Gasteiger partial charge in [0.15, 0.2) is 0 Å². The first-order valence-electron chi connectivity index (χ1n) is 7.67. The number of rotatable bonds is 9. The Labute approximate surface area is 140 Å². The van der Waals surface area contributed by atoms with Crippen LogP contribution in [0.4, 0.5) is 11.4 Å². The van der Waals surface area contributed by atoms with E-state index in [-0.39, 0.29) is 9.49 Å². The Bertz CT molecular complexity index is 425. The number of thioether (sulfide) groups is 1. The zero-order chi connectivity index (χ0) is 15.9. The Morgan fingerprint density at radius 2 is 1.52 bits per heavy atom. The molecule has 21 heavy (non-hydrogen) atoms. The number of thiol groups is 1. The van der Waals surface area contributed by atoms with Gasteiger partial charge in [0.1, 0.15) is 0 Å². The van der Waals surface area contributed by atoms with Crippen molar-refractivity contribution in [3.05, 3.63) is 24.3 Å². The summed E-state index contributed by atoms with van der Waals surface area (Å²) >= 11 is 6.60. The maximum absolute atomic E-state index is 4.57. The summed E-state index contributed by atoms with van der Waals surface area (Å²) in [5.74, 6) is 1.21. The van der Waals surface area contributed by atoms with Gasteiger partial charge in [-0.05, 0) is 52.0 Å². The first-order chi connectivity index (χ1) is 9.73. The fraction of sp³-hybridized carbons (Fsp3) is 0.647. The van der Waals surface area contributed by atoms with Gasteiger partial charge < -0.3 is 10.6 Å². The lowest BCUT2D eigenvalue weighted by Gasteiger charge is -2.26. The van der Waals surface area contributed by atoms with Crippen molar-refractivity contribution in [2.45, 2.75) is 50.5 Å². The van der Waals surface area contributed by atoms with Gasteiger partial charge in [-0.15, -0.1) is 0 Å². The first kappa shape index (κ1) is 18.6. The first-order valence-corrected chi connectivity index (χ1v) is 9.10. The molecule has 0 saturated carbocycles. The summed E-state index contributed by atoms with van der Waals surface area (Å²) in [4.78, 5) is 0. The van der Waals surface area contributed by atoms with Crippen molar-refractivity contribution in [3.63, 3.8) is 0 Å². The predicted molar refractivity (Wildman–Crippen MR) is 103 cm³/mol. The molecule has 2 N–H and O–H groups in total. The molecule has 2 nitrogen and oxygen atoms in total. The average Bonchev–Trinajstić information content (AvgIpc) is 2.41. The summed E-state index contributed by atoms with van der Waals surface area (Å²) in [7, 11) is 0. The zero-order valence-corrected chi connectivity index (χ0v) is 15.7. The maximum Gasteiger partial charge on any atom is 0.0576 e. The third kappa shape index (κ3) is 7.91. The molecule has 0 aliphatic rings. The summed E-state index contributed by atoms with van der Waals surface area (Å²) in [6.45, 7) is 12.9. The molecule has 120 valence electrons. The van der Waals surface area contributed by atoms with Crippen LogP contribution in [0.1, 0.15) is 41.0 Å². The highest BCUT2D eigenvalue weighted by Gasteiger charge is 2.18. The third-order valence-electron chi connectivity index (χ3n) is 3.04. The van der Waals surface area contributed by atoms with Crippen molar-refractivity contribution in [2.75, 3.05) is 29.5 Å². The molecule has 4 heteroatoms. The Kier molecular flexibility index (Phi) is 7.28. The highest BCUT2D eigenvalue weighted by molar-refractivity contribution is 8.00. The number of hydrogen-bond acceptors (Lipinski definition) is 4. The molecular formula is C17H30N2S2. The van der Waals surface area contributed by atoms with Crippen molar-refractivity contribution in [3.8, 4) is 0 Å². The van der Waals surface area contributed by atoms with E-state index in [2.05, 4.69) is 82.1 Å². The minimum Gasteiger partial charge on any atom is -0.382 e. The van der Waals surface area contributed by atoms with Gasteiger partial charge in [0.05, 0.1) is 11.4 Å². The van der Waals surface area contributed by atoms with E-state index in [1.54, 1.807) is 0 Å². The Morgan fingerprint density at radius 3 is 2.00 bits per heavy atom. The highest BCUT2D eigenvalue weighted by atomic mass is 32.2. The Balaban J connectivity index is 2.62. The van der Waals surface area contributed by atoms with Gasteiger partial charge in [-0.25, -0.2) is 0 Å². The van der Waals surface area contributed by atoms with Gasteiger partial charge in [0, 0.05) is 22.6 Å². The second kappa shape index (κ2) is 8.23. The second-order valence-electron chi connectivity index (χ2n) is 6.67. The van der Waals surface area contributed by atoms with E-state index >= 15 is 0 Å². The molecule has 0 atom stereocenters. The lowest BCUT2D eigenvalue weighted by Crippen LogP contribution is -2.28. The second-order valence-corrected chi connectivity index (χ2v) is 9.69. The van der Waals surface area contributed by atoms with E-state index in [0.29, 0.717) is 0 Å². The molecule has 0 aliphatic heterocycles. The summed E-state index contributed by atoms with van der Waals surface area (Å²) in [5, 5.41) is 7.08. The molecule has 0 saturated heterocycles. The van der Waals surface area contributed by atoms with E-state index in [9.17, 15) is 0 Å². The average molecular weight is 327 g/mol. The van der Waals surface area contributed by atoms with E-state index in [1.165, 1.54) is 17.9 Å². The lowest BCUT2D eigenvalue weighted by atomic mass is 10.1. The maximum atomic E-state index is 4.57. The van der Waals surface area contributed by atoms with E-state index in [1.807, 2.05) is 11.8 Å². The van der Waals surface area contributed by atoms with Gasteiger partial charge in [0.25, 0.3) is 0 Å². The van der Waals surface area contributed by atoms with Crippen LogP contribution >= 0.6 is 24.4 Å². The van der Waals surface area contributed by atoms with E-state index < -0.39 is 0 Å². The topological polar surface area (TPSA) is 24.1 Å². The van der Waals surface area contributed by atoms with Crippen LogP contribution < -0.4 is 10.6 Å². The van der Waals surface area contributed by atoms with Gasteiger partial charge in [0.2, 0.25) is 0 Å². The molecule has 1 aromatic rings. The third-order valence-corrected chi connectivity index (χ3v) is 4.74. The minimum absolute atomic E-state index is 0.0244. The molecule has 0 aliphatic carbocycles. The normalized spacial score (nSPS) is 12.3. The molecule has 0 aromatic heterocycles. The molecule has 0 fully saturated rings. The summed E-state index contributed by atoms with van der Waals surface area (Å²) in [6, 6.07) is 8.39. The monoisotopic (exact) mass is 326 g/mol.